The van der Waals surface area contributed by atoms with E-state index in [-0.39, 0.29) is 17.7 Å². The van der Waals surface area contributed by atoms with Crippen LogP contribution in [0.2, 0.25) is 0 Å². The molecule has 1 aromatic rings. The maximum absolute atomic E-state index is 12.9. The lowest BCUT2D eigenvalue weighted by atomic mass is 9.81. The van der Waals surface area contributed by atoms with Crippen LogP contribution in [0.3, 0.4) is 0 Å². The number of rotatable bonds is 6. The van der Waals surface area contributed by atoms with E-state index in [9.17, 15) is 4.79 Å². The highest BCUT2D eigenvalue weighted by atomic mass is 32.2. The quantitative estimate of drug-likeness (QED) is 0.690. The molecule has 6 atom stereocenters. The number of nitrogens with zero attached hydrogens (tertiary/aromatic N) is 1. The average Bonchev–Trinajstić information content (AvgIpc) is 3.44. The second-order valence-corrected chi connectivity index (χ2v) is 8.99. The Morgan fingerprint density at radius 2 is 2.17 bits per heavy atom. The molecule has 1 aromatic carbocycles. The van der Waals surface area contributed by atoms with Crippen molar-refractivity contribution in [1.29, 1.82) is 0 Å². The van der Waals surface area contributed by atoms with Gasteiger partial charge in [-0.25, -0.2) is 0 Å². The minimum absolute atomic E-state index is 0.233. The number of nitrogens with one attached hydrogen (secondary N) is 2. The highest BCUT2D eigenvalue weighted by Crippen LogP contribution is 2.55. The Balaban J connectivity index is 1.28. The highest BCUT2D eigenvalue weighted by molar-refractivity contribution is 8.12. The first kappa shape index (κ1) is 19.0. The average molecular weight is 416 g/mol. The van der Waals surface area contributed by atoms with E-state index in [1.54, 1.807) is 32.4 Å². The summed E-state index contributed by atoms with van der Waals surface area (Å²) in [4.78, 5) is 17.3. The van der Waals surface area contributed by atoms with E-state index in [1.165, 1.54) is 0 Å². The van der Waals surface area contributed by atoms with E-state index in [0.717, 1.165) is 13.0 Å². The first-order valence-electron chi connectivity index (χ1n) is 9.91. The molecule has 2 heterocycles. The SMILES string of the molecule is COc1cccc(OC)c1C(=O)NCC1NC2C3C=CC(C3)(O1)C2C1CN=CS1. The molecule has 1 saturated heterocycles. The van der Waals surface area contributed by atoms with Gasteiger partial charge >= 0.3 is 0 Å². The number of fused-ring (bicyclic) bond motifs is 3. The van der Waals surface area contributed by atoms with Gasteiger partial charge in [0.2, 0.25) is 0 Å². The molecule has 1 spiro atoms. The molecule has 2 aliphatic heterocycles. The molecule has 5 rings (SSSR count). The van der Waals surface area contributed by atoms with Crippen LogP contribution in [0.25, 0.3) is 0 Å². The molecule has 2 N–H and O–H groups in total. The van der Waals surface area contributed by atoms with Crippen molar-refractivity contribution in [2.75, 3.05) is 27.3 Å². The van der Waals surface area contributed by atoms with Crippen molar-refractivity contribution in [3.8, 4) is 11.5 Å². The molecule has 2 fully saturated rings. The molecular weight excluding hydrogens is 390 g/mol. The van der Waals surface area contributed by atoms with Crippen molar-refractivity contribution in [3.05, 3.63) is 35.9 Å². The molecule has 8 heteroatoms. The van der Waals surface area contributed by atoms with Crippen molar-refractivity contribution >= 4 is 23.2 Å². The minimum Gasteiger partial charge on any atom is -0.496 e. The third-order valence-electron chi connectivity index (χ3n) is 6.43. The van der Waals surface area contributed by atoms with Crippen LogP contribution in [0.4, 0.5) is 0 Å². The van der Waals surface area contributed by atoms with Crippen LogP contribution >= 0.6 is 11.8 Å². The fourth-order valence-electron chi connectivity index (χ4n) is 5.27. The highest BCUT2D eigenvalue weighted by Gasteiger charge is 2.62. The second-order valence-electron chi connectivity index (χ2n) is 7.90. The van der Waals surface area contributed by atoms with Crippen LogP contribution in [-0.4, -0.2) is 61.9 Å². The Morgan fingerprint density at radius 3 is 2.83 bits per heavy atom. The maximum atomic E-state index is 12.9. The molecular formula is C21H25N3O4S. The lowest BCUT2D eigenvalue weighted by Crippen LogP contribution is -2.63. The lowest BCUT2D eigenvalue weighted by Gasteiger charge is -2.47. The molecule has 29 heavy (non-hydrogen) atoms. The Labute approximate surface area is 174 Å². The second kappa shape index (κ2) is 7.34. The zero-order chi connectivity index (χ0) is 20.0. The van der Waals surface area contributed by atoms with E-state index in [4.69, 9.17) is 14.2 Å². The summed E-state index contributed by atoms with van der Waals surface area (Å²) >= 11 is 1.81. The number of hydrogen-bond acceptors (Lipinski definition) is 7. The molecule has 3 bridgehead atoms. The monoisotopic (exact) mass is 415 g/mol. The Bertz CT molecular complexity index is 845. The predicted molar refractivity (Wildman–Crippen MR) is 112 cm³/mol. The Morgan fingerprint density at radius 1 is 1.38 bits per heavy atom. The van der Waals surface area contributed by atoms with Crippen LogP contribution in [0, 0.1) is 11.8 Å². The summed E-state index contributed by atoms with van der Waals surface area (Å²) in [6, 6.07) is 5.66. The van der Waals surface area contributed by atoms with Gasteiger partial charge in [-0.15, -0.1) is 11.8 Å². The maximum Gasteiger partial charge on any atom is 0.258 e. The van der Waals surface area contributed by atoms with Crippen molar-refractivity contribution in [2.24, 2.45) is 16.8 Å². The Hall–Kier alpha value is -2.03. The van der Waals surface area contributed by atoms with Gasteiger partial charge in [-0.1, -0.05) is 18.2 Å². The van der Waals surface area contributed by atoms with Gasteiger partial charge in [-0.3, -0.25) is 15.1 Å². The number of amides is 1. The number of thioether (sulfide) groups is 1. The first-order chi connectivity index (χ1) is 14.1. The van der Waals surface area contributed by atoms with Gasteiger partial charge in [-0.05, 0) is 24.5 Å². The van der Waals surface area contributed by atoms with Crippen LogP contribution in [0.15, 0.2) is 35.3 Å². The standard InChI is InChI=1S/C21H25N3O4S/c1-26-13-4-3-5-14(27-2)17(13)20(25)23-10-16-24-19-12-6-7-21(8-12,28-16)18(19)15-9-22-11-29-15/h3-7,11-12,15-16,18-19,24H,8-10H2,1-2H3,(H,23,25). The Kier molecular flexibility index (Phi) is 4.80. The van der Waals surface area contributed by atoms with Crippen LogP contribution in [-0.2, 0) is 4.74 Å². The first-order valence-corrected chi connectivity index (χ1v) is 10.9. The summed E-state index contributed by atoms with van der Waals surface area (Å²) in [5.74, 6) is 1.62. The number of carbonyl (C=O) groups excluding carboxylic acids is 1. The van der Waals surface area contributed by atoms with Gasteiger partial charge in [0.15, 0.2) is 0 Å². The molecule has 0 radical (unpaired) electrons. The third kappa shape index (κ3) is 3.05. The van der Waals surface area contributed by atoms with Crippen molar-refractivity contribution in [2.45, 2.75) is 29.5 Å². The zero-order valence-electron chi connectivity index (χ0n) is 16.5. The molecule has 4 aliphatic rings. The number of hydrogen-bond donors (Lipinski definition) is 2. The number of benzene rings is 1. The van der Waals surface area contributed by atoms with Gasteiger partial charge in [0, 0.05) is 17.2 Å². The predicted octanol–water partition coefficient (Wildman–Crippen LogP) is 1.84. The molecule has 0 aromatic heterocycles. The van der Waals surface area contributed by atoms with Crippen LogP contribution in [0.5, 0.6) is 11.5 Å². The molecule has 2 aliphatic carbocycles. The summed E-state index contributed by atoms with van der Waals surface area (Å²) in [5.41, 5.74) is 2.11. The van der Waals surface area contributed by atoms with E-state index >= 15 is 0 Å². The summed E-state index contributed by atoms with van der Waals surface area (Å²) < 4.78 is 17.2. The van der Waals surface area contributed by atoms with E-state index in [2.05, 4.69) is 27.8 Å². The number of carbonyl (C=O) groups is 1. The largest absolute Gasteiger partial charge is 0.496 e. The van der Waals surface area contributed by atoms with Crippen molar-refractivity contribution < 1.29 is 19.0 Å². The summed E-state index contributed by atoms with van der Waals surface area (Å²) in [6.07, 6.45) is 5.31. The molecule has 7 nitrogen and oxygen atoms in total. The van der Waals surface area contributed by atoms with Crippen molar-refractivity contribution in [1.82, 2.24) is 10.6 Å². The van der Waals surface area contributed by atoms with Crippen LogP contribution < -0.4 is 20.1 Å². The summed E-state index contributed by atoms with van der Waals surface area (Å²) in [7, 11) is 3.09. The molecule has 1 saturated carbocycles. The third-order valence-corrected chi connectivity index (χ3v) is 7.49. The van der Waals surface area contributed by atoms with E-state index in [1.807, 2.05) is 17.3 Å². The van der Waals surface area contributed by atoms with Gasteiger partial charge in [0.25, 0.3) is 5.91 Å². The molecule has 154 valence electrons. The van der Waals surface area contributed by atoms with Gasteiger partial charge in [0.05, 0.1) is 38.5 Å². The van der Waals surface area contributed by atoms with E-state index in [0.29, 0.717) is 46.7 Å². The van der Waals surface area contributed by atoms with Crippen molar-refractivity contribution in [3.63, 3.8) is 0 Å². The summed E-state index contributed by atoms with van der Waals surface area (Å²) in [5, 5.41) is 7.08. The molecule has 6 unspecified atom stereocenters. The molecule has 1 amide bonds. The number of methoxy groups -OCH3 is 2. The fraction of sp³-hybridized carbons (Fsp3) is 0.524. The van der Waals surface area contributed by atoms with E-state index < -0.39 is 0 Å². The van der Waals surface area contributed by atoms with Gasteiger partial charge in [-0.2, -0.15) is 0 Å². The fourth-order valence-corrected chi connectivity index (χ4v) is 6.34. The summed E-state index contributed by atoms with van der Waals surface area (Å²) in [6.45, 7) is 1.23. The number of aliphatic imine (C=N–C) groups is 1. The number of ether oxygens (including phenoxy) is 3. The van der Waals surface area contributed by atoms with Crippen LogP contribution in [0.1, 0.15) is 16.8 Å². The normalized spacial score (nSPS) is 36.4. The van der Waals surface area contributed by atoms with Gasteiger partial charge < -0.3 is 19.5 Å². The topological polar surface area (TPSA) is 81.2 Å². The lowest BCUT2D eigenvalue weighted by molar-refractivity contribution is -0.130. The van der Waals surface area contributed by atoms with Gasteiger partial charge in [0.1, 0.15) is 23.3 Å². The zero-order valence-corrected chi connectivity index (χ0v) is 17.3. The smallest absolute Gasteiger partial charge is 0.258 e. The minimum atomic E-state index is -0.247.